The molecule has 1 amide bonds. The molecule has 1 fully saturated rings. The van der Waals surface area contributed by atoms with Crippen LogP contribution in [0.4, 0.5) is 11.5 Å². The van der Waals surface area contributed by atoms with Gasteiger partial charge in [0.1, 0.15) is 17.8 Å². The van der Waals surface area contributed by atoms with Crippen LogP contribution in [0.3, 0.4) is 0 Å². The van der Waals surface area contributed by atoms with Crippen LogP contribution < -0.4 is 14.4 Å². The van der Waals surface area contributed by atoms with E-state index in [0.29, 0.717) is 98.6 Å². The molecule has 12 nitrogen and oxygen atoms in total. The summed E-state index contributed by atoms with van der Waals surface area (Å²) in [5.41, 5.74) is 1.66. The van der Waals surface area contributed by atoms with Gasteiger partial charge in [0.2, 0.25) is 5.91 Å². The maximum Gasteiger partial charge on any atom is 0.236 e. The van der Waals surface area contributed by atoms with E-state index in [0.717, 1.165) is 6.42 Å². The highest BCUT2D eigenvalue weighted by atomic mass is 16.5. The van der Waals surface area contributed by atoms with E-state index in [-0.39, 0.29) is 11.8 Å². The summed E-state index contributed by atoms with van der Waals surface area (Å²) in [6.07, 6.45) is 3.81. The van der Waals surface area contributed by atoms with Crippen molar-refractivity contribution >= 4 is 34.7 Å². The molecular weight excluding hydrogens is 490 g/mol. The van der Waals surface area contributed by atoms with Gasteiger partial charge >= 0.3 is 0 Å². The van der Waals surface area contributed by atoms with Crippen LogP contribution in [0.2, 0.25) is 0 Å². The van der Waals surface area contributed by atoms with Crippen molar-refractivity contribution in [2.45, 2.75) is 6.42 Å². The maximum absolute atomic E-state index is 13.2. The summed E-state index contributed by atoms with van der Waals surface area (Å²) >= 11 is 0. The highest BCUT2D eigenvalue weighted by Crippen LogP contribution is 2.34. The Hall–Kier alpha value is -3.90. The van der Waals surface area contributed by atoms with E-state index in [1.54, 1.807) is 32.6 Å². The van der Waals surface area contributed by atoms with Gasteiger partial charge in [-0.2, -0.15) is 0 Å². The predicted octanol–water partition coefficient (Wildman–Crippen LogP) is 1.80. The van der Waals surface area contributed by atoms with Gasteiger partial charge in [-0.15, -0.1) is 0 Å². The monoisotopic (exact) mass is 523 g/mol. The van der Waals surface area contributed by atoms with Crippen LogP contribution in [0.1, 0.15) is 12.0 Å². The number of carbonyl (C=O) groups excluding carboxylic acids is 1. The summed E-state index contributed by atoms with van der Waals surface area (Å²) in [6.45, 7) is 5.08. The minimum Gasteiger partial charge on any atom is -0.494 e. The maximum atomic E-state index is 13.2. The third-order valence-electron chi connectivity index (χ3n) is 6.86. The number of aliphatic imine (C=N–C) groups is 1. The first kappa shape index (κ1) is 25.7. The lowest BCUT2D eigenvalue weighted by Gasteiger charge is -2.36. The summed E-state index contributed by atoms with van der Waals surface area (Å²) in [5, 5.41) is 11.4. The molecule has 2 aromatic heterocycles. The highest BCUT2D eigenvalue weighted by molar-refractivity contribution is 6.06. The number of ether oxygens (including phenoxy) is 3. The molecule has 3 aromatic rings. The minimum atomic E-state index is -0.0358. The second-order valence-corrected chi connectivity index (χ2v) is 9.24. The first-order valence-electron chi connectivity index (χ1n) is 12.7. The van der Waals surface area contributed by atoms with E-state index >= 15 is 0 Å². The number of nitrogens with zero attached hydrogens (tertiary/aromatic N) is 6. The number of methoxy groups -OCH3 is 2. The van der Waals surface area contributed by atoms with Crippen molar-refractivity contribution in [3.63, 3.8) is 0 Å². The topological polar surface area (TPSA) is 129 Å². The van der Waals surface area contributed by atoms with E-state index in [1.165, 1.54) is 6.33 Å². The van der Waals surface area contributed by atoms with Crippen LogP contribution in [-0.2, 0) is 9.53 Å². The summed E-state index contributed by atoms with van der Waals surface area (Å²) in [6, 6.07) is 5.43. The molecule has 38 heavy (non-hydrogen) atoms. The number of nitrogens with one attached hydrogen (secondary N) is 1. The number of benzene rings is 1. The van der Waals surface area contributed by atoms with E-state index < -0.39 is 0 Å². The Morgan fingerprint density at radius 1 is 1.11 bits per heavy atom. The first-order chi connectivity index (χ1) is 18.6. The van der Waals surface area contributed by atoms with Crippen molar-refractivity contribution < 1.29 is 24.1 Å². The molecular formula is C26H33N7O5. The van der Waals surface area contributed by atoms with Crippen molar-refractivity contribution in [3.8, 4) is 17.4 Å². The van der Waals surface area contributed by atoms with Gasteiger partial charge < -0.3 is 34.1 Å². The molecule has 3 aliphatic rings. The zero-order valence-corrected chi connectivity index (χ0v) is 21.7. The second kappa shape index (κ2) is 11.7. The number of hydrogen-bond donors (Lipinski definition) is 2. The van der Waals surface area contributed by atoms with E-state index in [2.05, 4.69) is 29.7 Å². The van der Waals surface area contributed by atoms with Crippen LogP contribution in [0.5, 0.6) is 17.4 Å². The number of H-pyrrole nitrogens is 1. The number of carbonyl (C=O) groups is 1. The van der Waals surface area contributed by atoms with Gasteiger partial charge in [-0.25, -0.2) is 9.97 Å². The molecule has 1 aromatic carbocycles. The Balaban J connectivity index is 1.51. The molecule has 0 spiro atoms. The summed E-state index contributed by atoms with van der Waals surface area (Å²) in [4.78, 5) is 35.7. The Labute approximate surface area is 220 Å². The molecule has 5 heterocycles. The lowest BCUT2D eigenvalue weighted by atomic mass is 10.2. The largest absolute Gasteiger partial charge is 0.494 e. The Kier molecular flexibility index (Phi) is 7.89. The quantitative estimate of drug-likeness (QED) is 0.526. The minimum absolute atomic E-state index is 0.0358. The Bertz CT molecular complexity index is 1300. The molecule has 0 atom stereocenters. The number of fused-ring (bicyclic) bond motifs is 8. The molecule has 4 bridgehead atoms. The number of rotatable bonds is 4. The van der Waals surface area contributed by atoms with Crippen LogP contribution in [-0.4, -0.2) is 115 Å². The molecule has 2 N–H and O–H groups in total. The standard InChI is InChI=1S/C26H33N7O5/c1-36-13-11-31-6-3-12-38-21-14-18(4-5-20(21)37-2)27-15-19-23-24(30-26(19)35)28-17-29-25(23)33-9-7-32(8-10-33)22(34)16-31/h4-5,14-15,17,35H,3,6-13,16H2,1-2H3,(H,28,29,30). The predicted molar refractivity (Wildman–Crippen MR) is 143 cm³/mol. The van der Waals surface area contributed by atoms with Gasteiger partial charge in [0.25, 0.3) is 0 Å². The van der Waals surface area contributed by atoms with Crippen molar-refractivity contribution in [1.29, 1.82) is 0 Å². The Morgan fingerprint density at radius 2 is 1.92 bits per heavy atom. The van der Waals surface area contributed by atoms with Crippen molar-refractivity contribution in [2.75, 3.05) is 78.1 Å². The summed E-state index contributed by atoms with van der Waals surface area (Å²) in [7, 11) is 3.26. The Morgan fingerprint density at radius 3 is 2.71 bits per heavy atom. The number of hydrogen-bond acceptors (Lipinski definition) is 10. The van der Waals surface area contributed by atoms with Gasteiger partial charge in [0.15, 0.2) is 17.4 Å². The fraction of sp³-hybridized carbons (Fsp3) is 0.462. The zero-order chi connectivity index (χ0) is 26.5. The molecule has 6 rings (SSSR count). The third-order valence-corrected chi connectivity index (χ3v) is 6.86. The molecule has 12 heteroatoms. The van der Waals surface area contributed by atoms with E-state index in [1.807, 2.05) is 11.0 Å². The van der Waals surface area contributed by atoms with Crippen molar-refractivity contribution in [2.24, 2.45) is 4.99 Å². The molecule has 0 aliphatic carbocycles. The number of aromatic hydroxyl groups is 1. The zero-order valence-electron chi connectivity index (χ0n) is 21.7. The summed E-state index contributed by atoms with van der Waals surface area (Å²) in [5.74, 6) is 1.92. The highest BCUT2D eigenvalue weighted by Gasteiger charge is 2.26. The van der Waals surface area contributed by atoms with Crippen LogP contribution in [0, 0.1) is 0 Å². The number of piperazine rings is 1. The van der Waals surface area contributed by atoms with E-state index in [4.69, 9.17) is 14.2 Å². The molecule has 202 valence electrons. The van der Waals surface area contributed by atoms with Gasteiger partial charge in [0, 0.05) is 58.7 Å². The number of anilines is 1. The lowest BCUT2D eigenvalue weighted by Crippen LogP contribution is -2.51. The fourth-order valence-electron chi connectivity index (χ4n) is 4.80. The molecule has 1 saturated heterocycles. The normalized spacial score (nSPS) is 17.3. The SMILES string of the molecule is COCCN1CCCOc2cc(ccc2OC)N=Cc2c(O)[nH]c3ncnc(c23)N2CCN(CC2)C(=O)C1. The number of amides is 1. The van der Waals surface area contributed by atoms with Gasteiger partial charge in [0.05, 0.1) is 43.5 Å². The lowest BCUT2D eigenvalue weighted by molar-refractivity contribution is -0.132. The number of aromatic nitrogens is 3. The third kappa shape index (κ3) is 5.50. The van der Waals surface area contributed by atoms with Gasteiger partial charge in [-0.05, 0) is 18.6 Å². The molecule has 0 saturated carbocycles. The molecule has 0 unspecified atom stereocenters. The van der Waals surface area contributed by atoms with E-state index in [9.17, 15) is 9.90 Å². The smallest absolute Gasteiger partial charge is 0.236 e. The fourth-order valence-corrected chi connectivity index (χ4v) is 4.80. The average molecular weight is 524 g/mol. The van der Waals surface area contributed by atoms with Crippen molar-refractivity contribution in [1.82, 2.24) is 24.8 Å². The average Bonchev–Trinajstić information content (AvgIpc) is 3.27. The summed E-state index contributed by atoms with van der Waals surface area (Å²) < 4.78 is 16.8. The van der Waals surface area contributed by atoms with Crippen LogP contribution in [0.15, 0.2) is 29.5 Å². The van der Waals surface area contributed by atoms with Gasteiger partial charge in [-0.3, -0.25) is 14.7 Å². The van der Waals surface area contributed by atoms with Crippen LogP contribution >= 0.6 is 0 Å². The number of aromatic amines is 1. The first-order valence-corrected chi connectivity index (χ1v) is 12.7. The molecule has 0 radical (unpaired) electrons. The molecule has 3 aliphatic heterocycles. The van der Waals surface area contributed by atoms with Crippen molar-refractivity contribution in [3.05, 3.63) is 30.1 Å². The van der Waals surface area contributed by atoms with Crippen LogP contribution in [0.25, 0.3) is 11.0 Å². The second-order valence-electron chi connectivity index (χ2n) is 9.24. The van der Waals surface area contributed by atoms with Gasteiger partial charge in [-0.1, -0.05) is 0 Å².